The average molecular weight is 343 g/mol. The maximum absolute atomic E-state index is 12.4. The zero-order valence-electron chi connectivity index (χ0n) is 15.3. The van der Waals surface area contributed by atoms with Crippen LogP contribution in [0.4, 0.5) is 0 Å². The second kappa shape index (κ2) is 7.17. The summed E-state index contributed by atoms with van der Waals surface area (Å²) in [6, 6.07) is 3.97. The molecule has 0 fully saturated rings. The van der Waals surface area contributed by atoms with E-state index in [1.807, 2.05) is 33.2 Å². The van der Waals surface area contributed by atoms with Gasteiger partial charge in [0, 0.05) is 31.6 Å². The van der Waals surface area contributed by atoms with E-state index in [1.165, 1.54) is 0 Å². The lowest BCUT2D eigenvalue weighted by molar-refractivity contribution is -0.122. The van der Waals surface area contributed by atoms with Crippen molar-refractivity contribution in [2.45, 2.75) is 39.2 Å². The Hall–Kier alpha value is -2.50. The number of methoxy groups -OCH3 is 1. The highest BCUT2D eigenvalue weighted by molar-refractivity contribution is 5.77. The molecule has 0 saturated heterocycles. The normalized spacial score (nSPS) is 16.1. The van der Waals surface area contributed by atoms with Crippen LogP contribution in [0.15, 0.2) is 18.3 Å². The lowest BCUT2D eigenvalue weighted by Gasteiger charge is -2.28. The Morgan fingerprint density at radius 3 is 2.92 bits per heavy atom. The molecule has 1 atom stereocenters. The summed E-state index contributed by atoms with van der Waals surface area (Å²) in [4.78, 5) is 12.4. The zero-order valence-corrected chi connectivity index (χ0v) is 15.3. The van der Waals surface area contributed by atoms with Gasteiger partial charge in [-0.1, -0.05) is 6.07 Å². The monoisotopic (exact) mass is 343 g/mol. The van der Waals surface area contributed by atoms with Gasteiger partial charge in [0.05, 0.1) is 25.5 Å². The number of nitrogens with one attached hydrogen (secondary N) is 1. The van der Waals surface area contributed by atoms with E-state index in [2.05, 4.69) is 16.5 Å². The molecule has 134 valence electrons. The minimum atomic E-state index is -0.0416. The summed E-state index contributed by atoms with van der Waals surface area (Å²) >= 11 is 0. The summed E-state index contributed by atoms with van der Waals surface area (Å²) in [5.74, 6) is 1.51. The first-order valence-electron chi connectivity index (χ1n) is 8.57. The fourth-order valence-electron chi connectivity index (χ4n) is 3.33. The van der Waals surface area contributed by atoms with E-state index in [4.69, 9.17) is 9.47 Å². The molecule has 0 radical (unpaired) electrons. The number of hydrogen-bond acceptors (Lipinski definition) is 4. The number of ether oxygens (including phenoxy) is 2. The van der Waals surface area contributed by atoms with E-state index in [1.54, 1.807) is 11.8 Å². The Kier molecular flexibility index (Phi) is 4.97. The number of carbonyl (C=O) groups is 1. The molecule has 3 rings (SSSR count). The molecule has 6 nitrogen and oxygen atoms in total. The molecule has 0 spiro atoms. The predicted octanol–water partition coefficient (Wildman–Crippen LogP) is 2.62. The zero-order chi connectivity index (χ0) is 18.0. The minimum absolute atomic E-state index is 0.0416. The van der Waals surface area contributed by atoms with Gasteiger partial charge in [0.25, 0.3) is 0 Å². The van der Waals surface area contributed by atoms with Gasteiger partial charge in [-0.2, -0.15) is 5.10 Å². The summed E-state index contributed by atoms with van der Waals surface area (Å²) < 4.78 is 13.0. The lowest BCUT2D eigenvalue weighted by atomic mass is 9.97. The quantitative estimate of drug-likeness (QED) is 0.906. The van der Waals surface area contributed by atoms with Gasteiger partial charge in [-0.25, -0.2) is 0 Å². The predicted molar refractivity (Wildman–Crippen MR) is 95.0 cm³/mol. The van der Waals surface area contributed by atoms with E-state index >= 15 is 0 Å². The Labute approximate surface area is 148 Å². The first kappa shape index (κ1) is 17.3. The smallest absolute Gasteiger partial charge is 0.220 e. The molecule has 1 aliphatic heterocycles. The molecule has 25 heavy (non-hydrogen) atoms. The fourth-order valence-corrected chi connectivity index (χ4v) is 3.33. The number of fused-ring (bicyclic) bond motifs is 1. The maximum atomic E-state index is 12.4. The third-order valence-electron chi connectivity index (χ3n) is 4.55. The van der Waals surface area contributed by atoms with Crippen molar-refractivity contribution in [2.75, 3.05) is 13.7 Å². The van der Waals surface area contributed by atoms with E-state index in [0.29, 0.717) is 19.4 Å². The molecule has 1 amide bonds. The molecule has 1 aromatic carbocycles. The number of carbonyl (C=O) groups excluding carboxylic acids is 1. The fraction of sp³-hybridized carbons (Fsp3) is 0.474. The molecule has 1 N–H and O–H groups in total. The lowest BCUT2D eigenvalue weighted by Crippen LogP contribution is -2.32. The van der Waals surface area contributed by atoms with E-state index in [0.717, 1.165) is 40.3 Å². The van der Waals surface area contributed by atoms with Gasteiger partial charge in [0.1, 0.15) is 0 Å². The molecule has 0 saturated carbocycles. The van der Waals surface area contributed by atoms with Gasteiger partial charge in [-0.3, -0.25) is 9.48 Å². The van der Waals surface area contributed by atoms with Crippen molar-refractivity contribution < 1.29 is 14.3 Å². The number of benzene rings is 1. The first-order valence-corrected chi connectivity index (χ1v) is 8.57. The van der Waals surface area contributed by atoms with Gasteiger partial charge < -0.3 is 14.8 Å². The van der Waals surface area contributed by atoms with Crippen molar-refractivity contribution in [3.8, 4) is 11.5 Å². The Bertz CT molecular complexity index is 782. The first-order chi connectivity index (χ1) is 12.0. The van der Waals surface area contributed by atoms with Gasteiger partial charge in [0.2, 0.25) is 5.91 Å². The van der Waals surface area contributed by atoms with Crippen LogP contribution >= 0.6 is 0 Å². The van der Waals surface area contributed by atoms with Crippen molar-refractivity contribution in [3.63, 3.8) is 0 Å². The Morgan fingerprint density at radius 1 is 1.44 bits per heavy atom. The standard InChI is InChI=1S/C19H25N3O3/c1-12-9-15-16(7-8-25-19(15)17(10-12)24-4)20-18(23)6-5-14-11-22(3)21-13(14)2/h9-11,16H,5-8H2,1-4H3,(H,20,23)/t16-/m0/s1. The molecular formula is C19H25N3O3. The van der Waals surface area contributed by atoms with Crippen molar-refractivity contribution in [1.29, 1.82) is 0 Å². The van der Waals surface area contributed by atoms with Crippen molar-refractivity contribution in [2.24, 2.45) is 7.05 Å². The highest BCUT2D eigenvalue weighted by Crippen LogP contribution is 2.40. The van der Waals surface area contributed by atoms with Crippen LogP contribution in [0.2, 0.25) is 0 Å². The van der Waals surface area contributed by atoms with E-state index in [-0.39, 0.29) is 11.9 Å². The van der Waals surface area contributed by atoms with Crippen LogP contribution in [0.3, 0.4) is 0 Å². The van der Waals surface area contributed by atoms with Crippen molar-refractivity contribution >= 4 is 5.91 Å². The third kappa shape index (κ3) is 3.78. The molecule has 0 unspecified atom stereocenters. The largest absolute Gasteiger partial charge is 0.493 e. The second-order valence-corrected chi connectivity index (χ2v) is 6.56. The summed E-state index contributed by atoms with van der Waals surface area (Å²) in [5.41, 5.74) is 4.18. The number of amides is 1. The number of aryl methyl sites for hydroxylation is 4. The van der Waals surface area contributed by atoms with Crippen LogP contribution in [-0.2, 0) is 18.3 Å². The summed E-state index contributed by atoms with van der Waals surface area (Å²) in [6.07, 6.45) is 3.87. The molecule has 2 heterocycles. The average Bonchev–Trinajstić information content (AvgIpc) is 2.90. The molecule has 1 aliphatic rings. The molecule has 6 heteroatoms. The van der Waals surface area contributed by atoms with Crippen LogP contribution in [0.25, 0.3) is 0 Å². The van der Waals surface area contributed by atoms with Crippen molar-refractivity contribution in [3.05, 3.63) is 40.7 Å². The van der Waals surface area contributed by atoms with Crippen LogP contribution in [0.1, 0.15) is 41.3 Å². The van der Waals surface area contributed by atoms with E-state index in [9.17, 15) is 4.79 Å². The highest BCUT2D eigenvalue weighted by atomic mass is 16.5. The topological polar surface area (TPSA) is 65.4 Å². The Balaban J connectivity index is 1.69. The van der Waals surface area contributed by atoms with Crippen molar-refractivity contribution in [1.82, 2.24) is 15.1 Å². The van der Waals surface area contributed by atoms with E-state index < -0.39 is 0 Å². The number of aromatic nitrogens is 2. The molecule has 0 bridgehead atoms. The summed E-state index contributed by atoms with van der Waals surface area (Å²) in [7, 11) is 3.53. The number of rotatable bonds is 5. The van der Waals surface area contributed by atoms with Gasteiger partial charge in [0.15, 0.2) is 11.5 Å². The number of nitrogens with zero attached hydrogens (tertiary/aromatic N) is 2. The van der Waals surface area contributed by atoms with Crippen LogP contribution < -0.4 is 14.8 Å². The summed E-state index contributed by atoms with van der Waals surface area (Å²) in [5, 5.41) is 7.47. The molecule has 1 aromatic heterocycles. The Morgan fingerprint density at radius 2 is 2.24 bits per heavy atom. The van der Waals surface area contributed by atoms with Crippen LogP contribution in [0, 0.1) is 13.8 Å². The molecule has 0 aliphatic carbocycles. The molecular weight excluding hydrogens is 318 g/mol. The van der Waals surface area contributed by atoms with Crippen LogP contribution in [-0.4, -0.2) is 29.4 Å². The third-order valence-corrected chi connectivity index (χ3v) is 4.55. The highest BCUT2D eigenvalue weighted by Gasteiger charge is 2.26. The SMILES string of the molecule is COc1cc(C)cc2c1OCC[C@@H]2NC(=O)CCc1cn(C)nc1C. The van der Waals surface area contributed by atoms with Gasteiger partial charge >= 0.3 is 0 Å². The van der Waals surface area contributed by atoms with Gasteiger partial charge in [-0.05, 0) is 37.5 Å². The number of hydrogen-bond donors (Lipinski definition) is 1. The van der Waals surface area contributed by atoms with Crippen LogP contribution in [0.5, 0.6) is 11.5 Å². The second-order valence-electron chi connectivity index (χ2n) is 6.56. The summed E-state index contributed by atoms with van der Waals surface area (Å²) in [6.45, 7) is 4.55. The van der Waals surface area contributed by atoms with Gasteiger partial charge in [-0.15, -0.1) is 0 Å². The molecule has 2 aromatic rings. The maximum Gasteiger partial charge on any atom is 0.220 e. The minimum Gasteiger partial charge on any atom is -0.493 e.